The minimum atomic E-state index is -0.178. The highest BCUT2D eigenvalue weighted by Crippen LogP contribution is 2.14. The first-order valence-electron chi connectivity index (χ1n) is 6.33. The Kier molecular flexibility index (Phi) is 5.15. The smallest absolute Gasteiger partial charge is 0.105 e. The van der Waals surface area contributed by atoms with Gasteiger partial charge >= 0.3 is 0 Å². The molecule has 0 aromatic carbocycles. The summed E-state index contributed by atoms with van der Waals surface area (Å²) in [6.07, 6.45) is 5.82. The molecule has 98 valence electrons. The first-order chi connectivity index (χ1) is 7.97. The zero-order valence-electron chi connectivity index (χ0n) is 11.4. The van der Waals surface area contributed by atoms with E-state index < -0.39 is 0 Å². The van der Waals surface area contributed by atoms with Gasteiger partial charge in [-0.2, -0.15) is 0 Å². The second-order valence-electron chi connectivity index (χ2n) is 5.29. The van der Waals surface area contributed by atoms with Gasteiger partial charge in [0.15, 0.2) is 0 Å². The summed E-state index contributed by atoms with van der Waals surface area (Å²) in [5.74, 6) is 1.05. The Morgan fingerprint density at radius 2 is 2.24 bits per heavy atom. The van der Waals surface area contributed by atoms with E-state index in [-0.39, 0.29) is 12.1 Å². The molecule has 17 heavy (non-hydrogen) atoms. The fraction of sp³-hybridized carbons (Fsp3) is 0.769. The van der Waals surface area contributed by atoms with Crippen molar-refractivity contribution >= 4 is 0 Å². The lowest BCUT2D eigenvalue weighted by Crippen LogP contribution is -2.49. The van der Waals surface area contributed by atoms with Crippen LogP contribution in [0.4, 0.5) is 0 Å². The summed E-state index contributed by atoms with van der Waals surface area (Å²) in [5.41, 5.74) is -0.178. The van der Waals surface area contributed by atoms with Crippen molar-refractivity contribution in [3.8, 4) is 0 Å². The van der Waals surface area contributed by atoms with Crippen LogP contribution in [0.5, 0.6) is 0 Å². The van der Waals surface area contributed by atoms with Gasteiger partial charge in [0.2, 0.25) is 0 Å². The number of aryl methyl sites for hydroxylation is 2. The fourth-order valence-electron chi connectivity index (χ4n) is 2.17. The molecule has 1 unspecified atom stereocenters. The molecule has 0 saturated heterocycles. The van der Waals surface area contributed by atoms with Crippen LogP contribution in [0.25, 0.3) is 0 Å². The van der Waals surface area contributed by atoms with E-state index in [4.69, 9.17) is 0 Å². The van der Waals surface area contributed by atoms with Gasteiger partial charge in [-0.15, -0.1) is 0 Å². The van der Waals surface area contributed by atoms with Crippen LogP contribution in [0.3, 0.4) is 0 Å². The van der Waals surface area contributed by atoms with Crippen molar-refractivity contribution in [3.63, 3.8) is 0 Å². The number of hydrogen-bond acceptors (Lipinski definition) is 3. The number of imidazole rings is 1. The molecule has 0 amide bonds. The van der Waals surface area contributed by atoms with Crippen molar-refractivity contribution in [3.05, 3.63) is 18.2 Å². The quantitative estimate of drug-likeness (QED) is 0.761. The number of aliphatic hydroxyl groups excluding tert-OH is 1. The number of aromatic nitrogens is 2. The number of hydrogen-bond donors (Lipinski definition) is 2. The second kappa shape index (κ2) is 6.17. The Morgan fingerprint density at radius 3 is 2.71 bits per heavy atom. The van der Waals surface area contributed by atoms with Gasteiger partial charge in [-0.1, -0.05) is 13.8 Å². The molecule has 0 aliphatic carbocycles. The number of aliphatic hydroxyl groups is 1. The van der Waals surface area contributed by atoms with Gasteiger partial charge in [-0.3, -0.25) is 0 Å². The normalized spacial score (nSPS) is 15.2. The Hall–Kier alpha value is -0.870. The minimum absolute atomic E-state index is 0.175. The summed E-state index contributed by atoms with van der Waals surface area (Å²) in [5, 5.41) is 12.9. The van der Waals surface area contributed by atoms with E-state index in [0.29, 0.717) is 6.04 Å². The Bertz CT molecular complexity index is 335. The molecule has 1 aromatic heterocycles. The summed E-state index contributed by atoms with van der Waals surface area (Å²) in [7, 11) is 0. The Balaban J connectivity index is 2.40. The van der Waals surface area contributed by atoms with Gasteiger partial charge < -0.3 is 15.0 Å². The molecule has 0 aliphatic rings. The highest BCUT2D eigenvalue weighted by Gasteiger charge is 2.23. The van der Waals surface area contributed by atoms with Crippen LogP contribution >= 0.6 is 0 Å². The lowest BCUT2D eigenvalue weighted by atomic mass is 9.96. The third kappa shape index (κ3) is 4.48. The fourth-order valence-corrected chi connectivity index (χ4v) is 2.17. The first-order valence-corrected chi connectivity index (χ1v) is 6.33. The molecule has 4 nitrogen and oxygen atoms in total. The molecule has 0 bridgehead atoms. The summed E-state index contributed by atoms with van der Waals surface area (Å²) >= 11 is 0. The topological polar surface area (TPSA) is 50.1 Å². The third-order valence-electron chi connectivity index (χ3n) is 3.04. The second-order valence-corrected chi connectivity index (χ2v) is 5.29. The molecule has 0 saturated carbocycles. The number of rotatable bonds is 7. The maximum atomic E-state index is 9.46. The van der Waals surface area contributed by atoms with Crippen LogP contribution in [0.1, 0.15) is 39.4 Å². The Morgan fingerprint density at radius 1 is 1.53 bits per heavy atom. The van der Waals surface area contributed by atoms with Crippen molar-refractivity contribution in [2.24, 2.45) is 0 Å². The van der Waals surface area contributed by atoms with Gasteiger partial charge in [0.05, 0.1) is 6.61 Å². The van der Waals surface area contributed by atoms with Crippen molar-refractivity contribution in [1.29, 1.82) is 0 Å². The van der Waals surface area contributed by atoms with Crippen molar-refractivity contribution in [2.45, 2.75) is 58.7 Å². The van der Waals surface area contributed by atoms with Crippen LogP contribution < -0.4 is 5.32 Å². The third-order valence-corrected chi connectivity index (χ3v) is 3.04. The van der Waals surface area contributed by atoms with Crippen LogP contribution in [0, 0.1) is 6.92 Å². The average molecular weight is 239 g/mol. The molecule has 2 N–H and O–H groups in total. The monoisotopic (exact) mass is 239 g/mol. The van der Waals surface area contributed by atoms with Crippen LogP contribution in [0.2, 0.25) is 0 Å². The van der Waals surface area contributed by atoms with Crippen molar-refractivity contribution < 1.29 is 5.11 Å². The zero-order valence-corrected chi connectivity index (χ0v) is 11.4. The number of nitrogens with zero attached hydrogens (tertiary/aromatic N) is 2. The van der Waals surface area contributed by atoms with E-state index in [2.05, 4.69) is 35.6 Å². The van der Waals surface area contributed by atoms with Crippen molar-refractivity contribution in [1.82, 2.24) is 14.9 Å². The molecule has 1 heterocycles. The summed E-state index contributed by atoms with van der Waals surface area (Å²) in [4.78, 5) is 4.20. The predicted octanol–water partition coefficient (Wildman–Crippen LogP) is 1.72. The molecule has 0 spiro atoms. The SMILES string of the molecule is Cc1nccn1CCCC(C)(CO)NC(C)C. The largest absolute Gasteiger partial charge is 0.394 e. The molecule has 1 rings (SSSR count). The highest BCUT2D eigenvalue weighted by molar-refractivity contribution is 4.89. The van der Waals surface area contributed by atoms with E-state index in [1.165, 1.54) is 0 Å². The van der Waals surface area contributed by atoms with Crippen molar-refractivity contribution in [2.75, 3.05) is 6.61 Å². The van der Waals surface area contributed by atoms with E-state index in [9.17, 15) is 5.11 Å². The minimum Gasteiger partial charge on any atom is -0.394 e. The molecular weight excluding hydrogens is 214 g/mol. The molecule has 0 aliphatic heterocycles. The zero-order chi connectivity index (χ0) is 12.9. The maximum absolute atomic E-state index is 9.46. The maximum Gasteiger partial charge on any atom is 0.105 e. The van der Waals surface area contributed by atoms with Gasteiger partial charge in [-0.25, -0.2) is 4.98 Å². The average Bonchev–Trinajstić information content (AvgIpc) is 2.63. The molecule has 1 aromatic rings. The van der Waals surface area contributed by atoms with Gasteiger partial charge in [-0.05, 0) is 26.7 Å². The first kappa shape index (κ1) is 14.2. The van der Waals surface area contributed by atoms with Gasteiger partial charge in [0.25, 0.3) is 0 Å². The summed E-state index contributed by atoms with van der Waals surface area (Å²) in [6, 6.07) is 0.391. The molecule has 4 heteroatoms. The van der Waals surface area contributed by atoms with Crippen LogP contribution in [-0.2, 0) is 6.54 Å². The Labute approximate surface area is 104 Å². The summed E-state index contributed by atoms with van der Waals surface area (Å²) in [6.45, 7) is 9.43. The molecule has 0 radical (unpaired) electrons. The van der Waals surface area contributed by atoms with Crippen LogP contribution in [0.15, 0.2) is 12.4 Å². The molecular formula is C13H25N3O. The van der Waals surface area contributed by atoms with E-state index in [1.54, 1.807) is 0 Å². The summed E-state index contributed by atoms with van der Waals surface area (Å²) < 4.78 is 2.15. The van der Waals surface area contributed by atoms with Gasteiger partial charge in [0, 0.05) is 30.5 Å². The molecule has 1 atom stereocenters. The lowest BCUT2D eigenvalue weighted by Gasteiger charge is -2.31. The number of nitrogens with one attached hydrogen (secondary N) is 1. The van der Waals surface area contributed by atoms with E-state index in [1.807, 2.05) is 19.3 Å². The predicted molar refractivity (Wildman–Crippen MR) is 70.0 cm³/mol. The van der Waals surface area contributed by atoms with Crippen LogP contribution in [-0.4, -0.2) is 32.8 Å². The van der Waals surface area contributed by atoms with Gasteiger partial charge in [0.1, 0.15) is 5.82 Å². The standard InChI is InChI=1S/C13H25N3O/c1-11(2)15-13(4,10-17)6-5-8-16-9-7-14-12(16)3/h7,9,11,15,17H,5-6,8,10H2,1-4H3. The van der Waals surface area contributed by atoms with E-state index >= 15 is 0 Å². The molecule has 0 fully saturated rings. The highest BCUT2D eigenvalue weighted by atomic mass is 16.3. The van der Waals surface area contributed by atoms with E-state index in [0.717, 1.165) is 25.2 Å². The lowest BCUT2D eigenvalue weighted by molar-refractivity contribution is 0.153.